The molecule has 5 heterocycles. The summed E-state index contributed by atoms with van der Waals surface area (Å²) in [6.07, 6.45) is 2.64. The summed E-state index contributed by atoms with van der Waals surface area (Å²) in [4.78, 5) is 42.9. The van der Waals surface area contributed by atoms with Crippen LogP contribution in [0.4, 0.5) is 0 Å². The van der Waals surface area contributed by atoms with Crippen molar-refractivity contribution in [2.45, 2.75) is 64.2 Å². The van der Waals surface area contributed by atoms with E-state index in [0.29, 0.717) is 41.2 Å². The van der Waals surface area contributed by atoms with Crippen molar-refractivity contribution < 1.29 is 24.0 Å². The summed E-state index contributed by atoms with van der Waals surface area (Å²) in [7, 11) is 0. The lowest BCUT2D eigenvalue weighted by Gasteiger charge is -2.34. The minimum Gasteiger partial charge on any atom is -0.480 e. The highest BCUT2D eigenvalue weighted by atomic mass is 35.5. The minimum absolute atomic E-state index is 0.00667. The number of aromatic nitrogens is 3. The number of hydrogen-bond donors (Lipinski definition) is 2. The van der Waals surface area contributed by atoms with Crippen LogP contribution in [0.15, 0.2) is 28.8 Å². The van der Waals surface area contributed by atoms with E-state index in [1.165, 1.54) is 27.0 Å². The predicted octanol–water partition coefficient (Wildman–Crippen LogP) is 3.59. The van der Waals surface area contributed by atoms with Gasteiger partial charge in [0.2, 0.25) is 0 Å². The van der Waals surface area contributed by atoms with Crippen LogP contribution in [0, 0.1) is 0 Å². The average molecular weight is 575 g/mol. The molecule has 13 heteroatoms. The van der Waals surface area contributed by atoms with Crippen molar-refractivity contribution in [1.29, 1.82) is 0 Å². The third-order valence-electron chi connectivity index (χ3n) is 7.31. The number of piperidine rings is 1. The molecule has 3 aromatic rings. The summed E-state index contributed by atoms with van der Waals surface area (Å²) in [6, 6.07) is 6.35. The van der Waals surface area contributed by atoms with Crippen molar-refractivity contribution in [3.63, 3.8) is 0 Å². The zero-order chi connectivity index (χ0) is 27.7. The van der Waals surface area contributed by atoms with Crippen LogP contribution in [-0.2, 0) is 11.3 Å². The molecule has 0 radical (unpaired) electrons. The average Bonchev–Trinajstić information content (AvgIpc) is 3.70. The number of thiophene rings is 1. The van der Waals surface area contributed by atoms with Gasteiger partial charge in [-0.25, -0.2) is 4.79 Å². The second kappa shape index (κ2) is 11.5. The molecule has 0 bridgehead atoms. The zero-order valence-corrected chi connectivity index (χ0v) is 23.4. The van der Waals surface area contributed by atoms with Crippen LogP contribution < -0.4 is 5.32 Å². The van der Waals surface area contributed by atoms with Crippen molar-refractivity contribution in [1.82, 2.24) is 30.1 Å². The number of carbonyl (C=O) groups excluding carboxylic acids is 2. The van der Waals surface area contributed by atoms with Crippen molar-refractivity contribution in [2.24, 2.45) is 0 Å². The second-order valence-electron chi connectivity index (χ2n) is 10.2. The molecular formula is C26H31ClN6O5S. The predicted molar refractivity (Wildman–Crippen MR) is 145 cm³/mol. The van der Waals surface area contributed by atoms with E-state index in [1.807, 2.05) is 6.07 Å². The molecule has 0 aliphatic carbocycles. The minimum atomic E-state index is -1.05. The van der Waals surface area contributed by atoms with E-state index < -0.39 is 17.9 Å². The number of halogens is 1. The molecule has 0 aromatic carbocycles. The second-order valence-corrected chi connectivity index (χ2v) is 11.9. The monoisotopic (exact) mass is 574 g/mol. The van der Waals surface area contributed by atoms with Gasteiger partial charge in [0.15, 0.2) is 11.5 Å². The van der Waals surface area contributed by atoms with E-state index in [2.05, 4.69) is 34.3 Å². The molecule has 0 unspecified atom stereocenters. The first-order valence-corrected chi connectivity index (χ1v) is 14.3. The van der Waals surface area contributed by atoms with Gasteiger partial charge < -0.3 is 24.7 Å². The molecular weight excluding hydrogens is 544 g/mol. The first kappa shape index (κ1) is 27.4. The Hall–Kier alpha value is -3.22. The number of amides is 2. The van der Waals surface area contributed by atoms with Crippen molar-refractivity contribution in [3.05, 3.63) is 45.7 Å². The summed E-state index contributed by atoms with van der Waals surface area (Å²) < 4.78 is 7.53. The molecule has 2 aliphatic rings. The van der Waals surface area contributed by atoms with E-state index in [1.54, 1.807) is 12.1 Å². The number of carboxylic acids is 1. The zero-order valence-electron chi connectivity index (χ0n) is 21.8. The highest BCUT2D eigenvalue weighted by Gasteiger charge is 2.36. The molecule has 1 atom stereocenters. The van der Waals surface area contributed by atoms with Crippen LogP contribution in [-0.4, -0.2) is 85.4 Å². The van der Waals surface area contributed by atoms with Gasteiger partial charge in [-0.15, -0.1) is 11.3 Å². The molecule has 2 saturated heterocycles. The first-order valence-electron chi connectivity index (χ1n) is 13.1. The molecule has 2 aliphatic heterocycles. The smallest absolute Gasteiger partial charge is 0.326 e. The van der Waals surface area contributed by atoms with E-state index in [0.717, 1.165) is 30.8 Å². The van der Waals surface area contributed by atoms with Crippen molar-refractivity contribution >= 4 is 40.7 Å². The number of nitrogens with zero attached hydrogens (tertiary/aromatic N) is 5. The molecule has 39 heavy (non-hydrogen) atoms. The Balaban J connectivity index is 1.38. The molecule has 208 valence electrons. The Labute approximate surface area is 234 Å². The van der Waals surface area contributed by atoms with Crippen LogP contribution in [0.3, 0.4) is 0 Å². The fraction of sp³-hybridized carbons (Fsp3) is 0.500. The van der Waals surface area contributed by atoms with Crippen LogP contribution in [0.5, 0.6) is 0 Å². The normalized spacial score (nSPS) is 18.7. The van der Waals surface area contributed by atoms with Gasteiger partial charge in [-0.1, -0.05) is 16.8 Å². The molecule has 11 nitrogen and oxygen atoms in total. The van der Waals surface area contributed by atoms with Crippen LogP contribution in [0.2, 0.25) is 4.34 Å². The lowest BCUT2D eigenvalue weighted by atomic mass is 10.0. The quantitative estimate of drug-likeness (QED) is 0.417. The van der Waals surface area contributed by atoms with Gasteiger partial charge >= 0.3 is 5.97 Å². The van der Waals surface area contributed by atoms with Gasteiger partial charge in [0, 0.05) is 43.9 Å². The maximum absolute atomic E-state index is 13.4. The van der Waals surface area contributed by atoms with Gasteiger partial charge in [0.1, 0.15) is 17.4 Å². The Morgan fingerprint density at radius 2 is 1.95 bits per heavy atom. The first-order chi connectivity index (χ1) is 18.7. The third kappa shape index (κ3) is 6.02. The largest absolute Gasteiger partial charge is 0.480 e. The summed E-state index contributed by atoms with van der Waals surface area (Å²) in [6.45, 7) is 6.53. The van der Waals surface area contributed by atoms with Gasteiger partial charge in [-0.05, 0) is 51.7 Å². The highest BCUT2D eigenvalue weighted by Crippen LogP contribution is 2.31. The maximum Gasteiger partial charge on any atom is 0.326 e. The van der Waals surface area contributed by atoms with Gasteiger partial charge in [0.05, 0.1) is 15.8 Å². The fourth-order valence-electron chi connectivity index (χ4n) is 5.16. The molecule has 0 saturated carbocycles. The number of carbonyl (C=O) groups is 3. The summed E-state index contributed by atoms with van der Waals surface area (Å²) in [5.41, 5.74) is 0.747. The molecule has 2 amide bonds. The third-order valence-corrected chi connectivity index (χ3v) is 8.56. The molecule has 2 fully saturated rings. The standard InChI is InChI=1S/C26H31ClN6O5S/c1-15(2)31-10-7-16(8-11-31)28-24(34)20-13-18(25(35)32-9-3-4-19(32)26(36)37)29-33(20)14-17-12-21(38-30-17)22-5-6-23(27)39-22/h5-6,12-13,15-16,19H,3-4,7-11,14H2,1-2H3,(H,28,34)(H,36,37)/t19-/m0/s1. The Kier molecular flexibility index (Phi) is 8.06. The number of likely N-dealkylation sites (tertiary alicyclic amines) is 2. The van der Waals surface area contributed by atoms with Crippen molar-refractivity contribution in [2.75, 3.05) is 19.6 Å². The topological polar surface area (TPSA) is 134 Å². The lowest BCUT2D eigenvalue weighted by Crippen LogP contribution is -2.46. The maximum atomic E-state index is 13.4. The number of aliphatic carboxylic acids is 1. The fourth-order valence-corrected chi connectivity index (χ4v) is 6.15. The SMILES string of the molecule is CC(C)N1CCC(NC(=O)c2cc(C(=O)N3CCC[C@H]3C(=O)O)nn2Cc2cc(-c3ccc(Cl)s3)on2)CC1. The lowest BCUT2D eigenvalue weighted by molar-refractivity contribution is -0.141. The molecule has 5 rings (SSSR count). The van der Waals surface area contributed by atoms with Crippen LogP contribution >= 0.6 is 22.9 Å². The van der Waals surface area contributed by atoms with E-state index in [-0.39, 0.29) is 29.9 Å². The number of carboxylic acid groups (broad SMARTS) is 1. The number of nitrogens with one attached hydrogen (secondary N) is 1. The van der Waals surface area contributed by atoms with E-state index >= 15 is 0 Å². The van der Waals surface area contributed by atoms with Gasteiger partial charge in [-0.2, -0.15) is 5.10 Å². The molecule has 3 aromatic heterocycles. The van der Waals surface area contributed by atoms with E-state index in [4.69, 9.17) is 16.1 Å². The Morgan fingerprint density at radius 1 is 1.18 bits per heavy atom. The van der Waals surface area contributed by atoms with Gasteiger partial charge in [0.25, 0.3) is 11.8 Å². The van der Waals surface area contributed by atoms with Crippen LogP contribution in [0.1, 0.15) is 66.2 Å². The molecule has 0 spiro atoms. The van der Waals surface area contributed by atoms with Crippen molar-refractivity contribution in [3.8, 4) is 10.6 Å². The Bertz CT molecular complexity index is 1360. The summed E-state index contributed by atoms with van der Waals surface area (Å²) in [5, 5.41) is 21.2. The molecule has 2 N–H and O–H groups in total. The van der Waals surface area contributed by atoms with Crippen LogP contribution in [0.25, 0.3) is 10.6 Å². The summed E-state index contributed by atoms with van der Waals surface area (Å²) in [5.74, 6) is -1.36. The van der Waals surface area contributed by atoms with Gasteiger partial charge in [-0.3, -0.25) is 14.3 Å². The Morgan fingerprint density at radius 3 is 2.62 bits per heavy atom. The number of hydrogen-bond acceptors (Lipinski definition) is 8. The van der Waals surface area contributed by atoms with E-state index in [9.17, 15) is 19.5 Å². The summed E-state index contributed by atoms with van der Waals surface area (Å²) >= 11 is 7.40. The number of rotatable bonds is 8. The highest BCUT2D eigenvalue weighted by molar-refractivity contribution is 7.19.